The van der Waals surface area contributed by atoms with Gasteiger partial charge in [-0.2, -0.15) is 0 Å². The van der Waals surface area contributed by atoms with Gasteiger partial charge in [0.1, 0.15) is 0 Å². The van der Waals surface area contributed by atoms with Crippen LogP contribution in [0.3, 0.4) is 0 Å². The van der Waals surface area contributed by atoms with Gasteiger partial charge >= 0.3 is 5.97 Å². The van der Waals surface area contributed by atoms with Crippen molar-refractivity contribution < 1.29 is 14.3 Å². The van der Waals surface area contributed by atoms with Crippen molar-refractivity contribution in [2.24, 2.45) is 5.92 Å². The standard InChI is InChI=1S/C22H26N2O3/c1-2-27-22(26)18-10-12-20(13-11-18)23-21(25)19-9-6-14-24(16-19)15-17-7-4-3-5-8-17/h3-5,7-8,10-13,19H,2,6,9,14-16H2,1H3,(H,23,25)/t19-/m1/s1. The summed E-state index contributed by atoms with van der Waals surface area (Å²) in [5.41, 5.74) is 2.46. The van der Waals surface area contributed by atoms with Gasteiger partial charge in [0.2, 0.25) is 5.91 Å². The monoisotopic (exact) mass is 366 g/mol. The van der Waals surface area contributed by atoms with Crippen molar-refractivity contribution in [2.75, 3.05) is 25.0 Å². The smallest absolute Gasteiger partial charge is 0.338 e. The summed E-state index contributed by atoms with van der Waals surface area (Å²) in [6.07, 6.45) is 1.92. The van der Waals surface area contributed by atoms with Gasteiger partial charge in [-0.15, -0.1) is 0 Å². The van der Waals surface area contributed by atoms with Gasteiger partial charge in [0.05, 0.1) is 18.1 Å². The van der Waals surface area contributed by atoms with Crippen molar-refractivity contribution >= 4 is 17.6 Å². The summed E-state index contributed by atoms with van der Waals surface area (Å²) in [6.45, 7) is 4.78. The molecule has 27 heavy (non-hydrogen) atoms. The largest absolute Gasteiger partial charge is 0.462 e. The number of carbonyl (C=O) groups excluding carboxylic acids is 2. The van der Waals surface area contributed by atoms with E-state index >= 15 is 0 Å². The predicted octanol–water partition coefficient (Wildman–Crippen LogP) is 3.71. The number of hydrogen-bond donors (Lipinski definition) is 1. The molecule has 0 unspecified atom stereocenters. The Labute approximate surface area is 160 Å². The summed E-state index contributed by atoms with van der Waals surface area (Å²) in [7, 11) is 0. The molecule has 5 nitrogen and oxygen atoms in total. The topological polar surface area (TPSA) is 58.6 Å². The normalized spacial score (nSPS) is 17.3. The van der Waals surface area contributed by atoms with Crippen molar-refractivity contribution in [1.29, 1.82) is 0 Å². The number of amides is 1. The van der Waals surface area contributed by atoms with Crippen LogP contribution in [0.15, 0.2) is 54.6 Å². The Balaban J connectivity index is 1.55. The highest BCUT2D eigenvalue weighted by molar-refractivity contribution is 5.94. The average molecular weight is 366 g/mol. The molecule has 0 saturated carbocycles. The molecule has 1 fully saturated rings. The lowest BCUT2D eigenvalue weighted by Gasteiger charge is -2.32. The van der Waals surface area contributed by atoms with Crippen LogP contribution in [0, 0.1) is 5.92 Å². The lowest BCUT2D eigenvalue weighted by atomic mass is 9.96. The molecule has 1 amide bonds. The number of benzene rings is 2. The van der Waals surface area contributed by atoms with Gasteiger partial charge in [0, 0.05) is 18.8 Å². The van der Waals surface area contributed by atoms with E-state index in [1.807, 2.05) is 18.2 Å². The summed E-state index contributed by atoms with van der Waals surface area (Å²) in [5.74, 6) is -0.331. The molecule has 1 saturated heterocycles. The van der Waals surface area contributed by atoms with E-state index in [0.29, 0.717) is 17.9 Å². The molecule has 1 heterocycles. The summed E-state index contributed by atoms with van der Waals surface area (Å²) in [4.78, 5) is 26.7. The zero-order chi connectivity index (χ0) is 19.1. The first kappa shape index (κ1) is 19.1. The third kappa shape index (κ3) is 5.41. The van der Waals surface area contributed by atoms with Crippen LogP contribution in [0.5, 0.6) is 0 Å². The van der Waals surface area contributed by atoms with Crippen LogP contribution in [0.25, 0.3) is 0 Å². The van der Waals surface area contributed by atoms with Crippen molar-refractivity contribution in [3.63, 3.8) is 0 Å². The Hall–Kier alpha value is -2.66. The zero-order valence-corrected chi connectivity index (χ0v) is 15.7. The molecule has 0 bridgehead atoms. The van der Waals surface area contributed by atoms with Gasteiger partial charge < -0.3 is 10.1 Å². The Morgan fingerprint density at radius 1 is 1.11 bits per heavy atom. The molecule has 142 valence electrons. The van der Waals surface area contributed by atoms with Crippen LogP contribution < -0.4 is 5.32 Å². The van der Waals surface area contributed by atoms with Crippen molar-refractivity contribution in [2.45, 2.75) is 26.3 Å². The van der Waals surface area contributed by atoms with Crippen LogP contribution in [-0.4, -0.2) is 36.5 Å². The van der Waals surface area contributed by atoms with Gasteiger partial charge in [-0.25, -0.2) is 4.79 Å². The van der Waals surface area contributed by atoms with E-state index in [2.05, 4.69) is 22.3 Å². The highest BCUT2D eigenvalue weighted by Crippen LogP contribution is 2.21. The molecule has 1 N–H and O–H groups in total. The second kappa shape index (κ2) is 9.33. The van der Waals surface area contributed by atoms with Crippen LogP contribution in [0.4, 0.5) is 5.69 Å². The molecule has 0 radical (unpaired) electrons. The summed E-state index contributed by atoms with van der Waals surface area (Å²) in [6, 6.07) is 17.2. The first-order valence-corrected chi connectivity index (χ1v) is 9.50. The maximum Gasteiger partial charge on any atom is 0.338 e. The first-order valence-electron chi connectivity index (χ1n) is 9.50. The molecule has 0 aromatic heterocycles. The lowest BCUT2D eigenvalue weighted by molar-refractivity contribution is -0.121. The van der Waals surface area contributed by atoms with Crippen LogP contribution >= 0.6 is 0 Å². The Morgan fingerprint density at radius 3 is 2.56 bits per heavy atom. The number of esters is 1. The van der Waals surface area contributed by atoms with E-state index in [9.17, 15) is 9.59 Å². The van der Waals surface area contributed by atoms with E-state index in [1.165, 1.54) is 5.56 Å². The number of ether oxygens (including phenoxy) is 1. The molecule has 2 aromatic carbocycles. The van der Waals surface area contributed by atoms with Gasteiger partial charge in [-0.1, -0.05) is 30.3 Å². The van der Waals surface area contributed by atoms with Gasteiger partial charge in [0.25, 0.3) is 0 Å². The molecule has 5 heteroatoms. The number of rotatable bonds is 6. The Morgan fingerprint density at radius 2 is 1.85 bits per heavy atom. The fraction of sp³-hybridized carbons (Fsp3) is 0.364. The van der Waals surface area contributed by atoms with Gasteiger partial charge in [0.15, 0.2) is 0 Å². The van der Waals surface area contributed by atoms with E-state index in [-0.39, 0.29) is 17.8 Å². The second-order valence-corrected chi connectivity index (χ2v) is 6.85. The second-order valence-electron chi connectivity index (χ2n) is 6.85. The fourth-order valence-electron chi connectivity index (χ4n) is 3.40. The third-order valence-electron chi connectivity index (χ3n) is 4.79. The molecule has 1 aliphatic heterocycles. The van der Waals surface area contributed by atoms with Crippen LogP contribution in [0.1, 0.15) is 35.7 Å². The fourth-order valence-corrected chi connectivity index (χ4v) is 3.40. The van der Waals surface area contributed by atoms with Crippen molar-refractivity contribution in [1.82, 2.24) is 4.90 Å². The molecule has 3 rings (SSSR count). The van der Waals surface area contributed by atoms with E-state index in [4.69, 9.17) is 4.74 Å². The number of nitrogens with zero attached hydrogens (tertiary/aromatic N) is 1. The summed E-state index contributed by atoms with van der Waals surface area (Å²) >= 11 is 0. The molecular formula is C22H26N2O3. The van der Waals surface area contributed by atoms with Gasteiger partial charge in [-0.05, 0) is 56.1 Å². The Kier molecular flexibility index (Phi) is 6.60. The zero-order valence-electron chi connectivity index (χ0n) is 15.7. The van der Waals surface area contributed by atoms with E-state index in [0.717, 1.165) is 32.5 Å². The maximum atomic E-state index is 12.7. The molecule has 1 aliphatic rings. The number of likely N-dealkylation sites (tertiary alicyclic amines) is 1. The molecule has 2 aromatic rings. The quantitative estimate of drug-likeness (QED) is 0.792. The van der Waals surface area contributed by atoms with E-state index < -0.39 is 0 Å². The molecule has 1 atom stereocenters. The number of piperidine rings is 1. The minimum Gasteiger partial charge on any atom is -0.462 e. The van der Waals surface area contributed by atoms with Crippen LogP contribution in [0.2, 0.25) is 0 Å². The molecule has 0 spiro atoms. The van der Waals surface area contributed by atoms with E-state index in [1.54, 1.807) is 31.2 Å². The number of nitrogens with one attached hydrogen (secondary N) is 1. The van der Waals surface area contributed by atoms with Crippen molar-refractivity contribution in [3.8, 4) is 0 Å². The summed E-state index contributed by atoms with van der Waals surface area (Å²) < 4.78 is 4.97. The Bertz CT molecular complexity index is 759. The minimum absolute atomic E-state index is 0.0211. The third-order valence-corrected chi connectivity index (χ3v) is 4.79. The first-order chi connectivity index (χ1) is 13.2. The number of anilines is 1. The SMILES string of the molecule is CCOC(=O)c1ccc(NC(=O)[C@@H]2CCCN(Cc3ccccc3)C2)cc1. The molecular weight excluding hydrogens is 340 g/mol. The predicted molar refractivity (Wildman–Crippen MR) is 105 cm³/mol. The highest BCUT2D eigenvalue weighted by Gasteiger charge is 2.25. The number of hydrogen-bond acceptors (Lipinski definition) is 4. The average Bonchev–Trinajstić information content (AvgIpc) is 2.70. The molecule has 0 aliphatic carbocycles. The number of carbonyl (C=O) groups is 2. The minimum atomic E-state index is -0.348. The maximum absolute atomic E-state index is 12.7. The highest BCUT2D eigenvalue weighted by atomic mass is 16.5. The van der Waals surface area contributed by atoms with Crippen molar-refractivity contribution in [3.05, 3.63) is 65.7 Å². The lowest BCUT2D eigenvalue weighted by Crippen LogP contribution is -2.40. The summed E-state index contributed by atoms with van der Waals surface area (Å²) in [5, 5.41) is 2.98. The van der Waals surface area contributed by atoms with Gasteiger partial charge in [-0.3, -0.25) is 9.69 Å². The van der Waals surface area contributed by atoms with Crippen LogP contribution in [-0.2, 0) is 16.1 Å².